The fourth-order valence-electron chi connectivity index (χ4n) is 4.40. The van der Waals surface area contributed by atoms with Crippen LogP contribution in [0.15, 0.2) is 78.9 Å². The van der Waals surface area contributed by atoms with E-state index in [0.29, 0.717) is 24.5 Å². The van der Waals surface area contributed by atoms with Gasteiger partial charge in [-0.3, -0.25) is 4.79 Å². The van der Waals surface area contributed by atoms with Gasteiger partial charge < -0.3 is 19.7 Å². The van der Waals surface area contributed by atoms with Crippen molar-refractivity contribution in [1.82, 2.24) is 14.9 Å². The van der Waals surface area contributed by atoms with E-state index in [4.69, 9.17) is 9.72 Å². The summed E-state index contributed by atoms with van der Waals surface area (Å²) < 4.78 is 7.38. The van der Waals surface area contributed by atoms with Gasteiger partial charge in [0.05, 0.1) is 17.1 Å². The Kier molecular flexibility index (Phi) is 5.70. The predicted molar refractivity (Wildman–Crippen MR) is 127 cm³/mol. The third-order valence-electron chi connectivity index (χ3n) is 6.32. The van der Waals surface area contributed by atoms with Crippen LogP contribution >= 0.6 is 0 Å². The molecule has 168 valence electrons. The topological polar surface area (TPSA) is 76.4 Å². The number of nitrogens with zero attached hydrogens (tertiary/aromatic N) is 2. The Morgan fingerprint density at radius 2 is 1.73 bits per heavy atom. The molecule has 0 bridgehead atoms. The number of amides is 1. The molecular formula is C27H27N3O3. The first kappa shape index (κ1) is 21.4. The van der Waals surface area contributed by atoms with Gasteiger partial charge in [0.25, 0.3) is 5.91 Å². The number of ether oxygens (including phenoxy) is 1. The summed E-state index contributed by atoms with van der Waals surface area (Å²) in [6.07, 6.45) is 1.08. The number of nitrogens with one attached hydrogen (secondary N) is 1. The molecule has 0 spiro atoms. The van der Waals surface area contributed by atoms with Crippen LogP contribution in [0.3, 0.4) is 0 Å². The Hall–Kier alpha value is -3.48. The van der Waals surface area contributed by atoms with Gasteiger partial charge in [-0.1, -0.05) is 60.7 Å². The molecule has 0 radical (unpaired) electrons. The van der Waals surface area contributed by atoms with Crippen LogP contribution in [0, 0.1) is 0 Å². The van der Waals surface area contributed by atoms with Crippen molar-refractivity contribution in [3.63, 3.8) is 0 Å². The Morgan fingerprint density at radius 1 is 1.09 bits per heavy atom. The van der Waals surface area contributed by atoms with Crippen LogP contribution in [-0.2, 0) is 16.9 Å². The summed E-state index contributed by atoms with van der Waals surface area (Å²) in [7, 11) is 0. The zero-order valence-corrected chi connectivity index (χ0v) is 18.6. The summed E-state index contributed by atoms with van der Waals surface area (Å²) in [5.74, 6) is 0.386. The summed E-state index contributed by atoms with van der Waals surface area (Å²) >= 11 is 0. The van der Waals surface area contributed by atoms with E-state index in [-0.39, 0.29) is 12.0 Å². The van der Waals surface area contributed by atoms with Crippen molar-refractivity contribution < 1.29 is 14.6 Å². The molecule has 1 fully saturated rings. The van der Waals surface area contributed by atoms with Gasteiger partial charge >= 0.3 is 0 Å². The van der Waals surface area contributed by atoms with E-state index < -0.39 is 5.60 Å². The fourth-order valence-corrected chi connectivity index (χ4v) is 4.40. The second kappa shape index (κ2) is 8.81. The summed E-state index contributed by atoms with van der Waals surface area (Å²) in [5, 5.41) is 15.2. The lowest BCUT2D eigenvalue weighted by Crippen LogP contribution is -2.39. The van der Waals surface area contributed by atoms with E-state index in [1.807, 2.05) is 84.3 Å². The van der Waals surface area contributed by atoms with Crippen molar-refractivity contribution in [2.24, 2.45) is 0 Å². The third kappa shape index (κ3) is 3.81. The van der Waals surface area contributed by atoms with Crippen LogP contribution in [0.5, 0.6) is 0 Å². The Balaban J connectivity index is 1.61. The van der Waals surface area contributed by atoms with E-state index in [9.17, 15) is 9.90 Å². The molecule has 2 N–H and O–H groups in total. The molecule has 1 aliphatic heterocycles. The van der Waals surface area contributed by atoms with Gasteiger partial charge in [0.2, 0.25) is 0 Å². The highest BCUT2D eigenvalue weighted by molar-refractivity contribution is 5.97. The van der Waals surface area contributed by atoms with Gasteiger partial charge in [-0.2, -0.15) is 0 Å². The smallest absolute Gasteiger partial charge is 0.251 e. The number of aliphatic hydroxyl groups is 1. The van der Waals surface area contributed by atoms with Gasteiger partial charge in [0.1, 0.15) is 0 Å². The van der Waals surface area contributed by atoms with Crippen LogP contribution in [0.25, 0.3) is 11.0 Å². The van der Waals surface area contributed by atoms with Crippen molar-refractivity contribution in [2.75, 3.05) is 13.2 Å². The number of carbonyl (C=O) groups excluding carboxylic acids is 1. The van der Waals surface area contributed by atoms with Gasteiger partial charge in [-0.05, 0) is 42.7 Å². The summed E-state index contributed by atoms with van der Waals surface area (Å²) in [6.45, 7) is 3.88. The number of fused-ring (bicyclic) bond motifs is 1. The Bertz CT molecular complexity index is 1220. The maximum atomic E-state index is 12.7. The highest BCUT2D eigenvalue weighted by atomic mass is 16.5. The molecule has 6 heteroatoms. The molecule has 3 aromatic carbocycles. The average molecular weight is 442 g/mol. The Morgan fingerprint density at radius 3 is 2.27 bits per heavy atom. The van der Waals surface area contributed by atoms with E-state index >= 15 is 0 Å². The highest BCUT2D eigenvalue weighted by Gasteiger charge is 2.38. The minimum atomic E-state index is -1.44. The first-order valence-electron chi connectivity index (χ1n) is 11.3. The van der Waals surface area contributed by atoms with E-state index in [2.05, 4.69) is 5.32 Å². The minimum absolute atomic E-state index is 0.109. The highest BCUT2D eigenvalue weighted by Crippen LogP contribution is 2.37. The van der Waals surface area contributed by atoms with Gasteiger partial charge in [-0.25, -0.2) is 4.98 Å². The molecule has 4 aromatic rings. The predicted octanol–water partition coefficient (Wildman–Crippen LogP) is 3.86. The van der Waals surface area contributed by atoms with E-state index in [1.54, 1.807) is 6.07 Å². The zero-order valence-electron chi connectivity index (χ0n) is 18.6. The minimum Gasteiger partial charge on any atom is -0.376 e. The molecule has 1 unspecified atom stereocenters. The molecule has 1 amide bonds. The molecule has 1 atom stereocenters. The average Bonchev–Trinajstić information content (AvgIpc) is 3.22. The number of carbonyl (C=O) groups is 1. The number of rotatable bonds is 7. The van der Waals surface area contributed by atoms with Crippen LogP contribution in [0.4, 0.5) is 0 Å². The second-order valence-corrected chi connectivity index (χ2v) is 8.32. The standard InChI is InChI=1S/C27H27N3O3/c1-2-30-24-17-19(25(31)28-18-22-15-16-33-22)13-14-23(24)29-26(30)27(32,20-9-5-3-6-10-20)21-11-7-4-8-12-21/h3-14,17,22,32H,2,15-16,18H2,1H3,(H,28,31). The second-order valence-electron chi connectivity index (χ2n) is 8.32. The lowest BCUT2D eigenvalue weighted by atomic mass is 9.85. The van der Waals surface area contributed by atoms with Gasteiger partial charge in [0, 0.05) is 25.3 Å². The molecule has 0 aliphatic carbocycles. The number of aryl methyl sites for hydroxylation is 1. The largest absolute Gasteiger partial charge is 0.376 e. The fraction of sp³-hybridized carbons (Fsp3) is 0.259. The first-order chi connectivity index (χ1) is 16.1. The van der Waals surface area contributed by atoms with Crippen molar-refractivity contribution in [3.8, 4) is 0 Å². The Labute approximate surface area is 192 Å². The molecule has 0 saturated carbocycles. The summed E-state index contributed by atoms with van der Waals surface area (Å²) in [6, 6.07) is 24.6. The molecule has 5 rings (SSSR count). The quantitative estimate of drug-likeness (QED) is 0.457. The third-order valence-corrected chi connectivity index (χ3v) is 6.32. The first-order valence-corrected chi connectivity index (χ1v) is 11.3. The van der Waals surface area contributed by atoms with Crippen LogP contribution < -0.4 is 5.32 Å². The van der Waals surface area contributed by atoms with E-state index in [1.165, 1.54) is 0 Å². The number of hydrogen-bond acceptors (Lipinski definition) is 4. The normalized spacial score (nSPS) is 15.9. The zero-order chi connectivity index (χ0) is 22.8. The van der Waals surface area contributed by atoms with Crippen molar-refractivity contribution in [2.45, 2.75) is 31.6 Å². The summed E-state index contributed by atoms with van der Waals surface area (Å²) in [4.78, 5) is 17.6. The number of hydrogen-bond donors (Lipinski definition) is 2. The molecule has 33 heavy (non-hydrogen) atoms. The molecule has 1 saturated heterocycles. The molecule has 1 aromatic heterocycles. The van der Waals surface area contributed by atoms with Crippen LogP contribution in [-0.4, -0.2) is 39.8 Å². The van der Waals surface area contributed by atoms with Crippen LogP contribution in [0.2, 0.25) is 0 Å². The van der Waals surface area contributed by atoms with E-state index in [0.717, 1.165) is 35.2 Å². The molecule has 6 nitrogen and oxygen atoms in total. The van der Waals surface area contributed by atoms with Crippen molar-refractivity contribution >= 4 is 16.9 Å². The maximum Gasteiger partial charge on any atom is 0.251 e. The lowest BCUT2D eigenvalue weighted by Gasteiger charge is -2.29. The molecular weight excluding hydrogens is 414 g/mol. The van der Waals surface area contributed by atoms with Crippen molar-refractivity contribution in [3.05, 3.63) is 101 Å². The molecule has 2 heterocycles. The summed E-state index contributed by atoms with van der Waals surface area (Å²) in [5.41, 5.74) is 2.13. The lowest BCUT2D eigenvalue weighted by molar-refractivity contribution is -0.0472. The number of aromatic nitrogens is 2. The molecule has 1 aliphatic rings. The maximum absolute atomic E-state index is 12.7. The number of benzene rings is 3. The van der Waals surface area contributed by atoms with Crippen LogP contribution in [0.1, 0.15) is 40.7 Å². The van der Waals surface area contributed by atoms with Gasteiger partial charge in [0.15, 0.2) is 11.4 Å². The monoisotopic (exact) mass is 441 g/mol. The SMILES string of the molecule is CCn1c(C(O)(c2ccccc2)c2ccccc2)nc2ccc(C(=O)NCC3CCO3)cc21. The number of imidazole rings is 1. The van der Waals surface area contributed by atoms with Gasteiger partial charge in [-0.15, -0.1) is 0 Å². The van der Waals surface area contributed by atoms with Crippen molar-refractivity contribution in [1.29, 1.82) is 0 Å².